The number of hydrogen-bond donors (Lipinski definition) is 0. The van der Waals surface area contributed by atoms with Crippen LogP contribution in [0.2, 0.25) is 0 Å². The summed E-state index contributed by atoms with van der Waals surface area (Å²) in [7, 11) is -0.638. The minimum Gasteiger partial charge on any atom is -0.478 e. The molecule has 0 bridgehead atoms. The fourth-order valence-electron chi connectivity index (χ4n) is 3.90. The van der Waals surface area contributed by atoms with Crippen LogP contribution >= 0.6 is 7.92 Å². The topological polar surface area (TPSA) is 21.6 Å². The Morgan fingerprint density at radius 3 is 1.97 bits per heavy atom. The number of allylic oxidation sites excluding steroid dienone is 2. The Labute approximate surface area is 173 Å². The van der Waals surface area contributed by atoms with Crippen molar-refractivity contribution in [2.75, 3.05) is 6.61 Å². The van der Waals surface area contributed by atoms with Crippen LogP contribution in [0.15, 0.2) is 120 Å². The Balaban J connectivity index is 1.49. The monoisotopic (exact) mass is 395 g/mol. The van der Waals surface area contributed by atoms with Crippen LogP contribution in [0.25, 0.3) is 0 Å². The summed E-state index contributed by atoms with van der Waals surface area (Å²) in [5.74, 6) is 0.952. The van der Waals surface area contributed by atoms with Gasteiger partial charge in [-0.25, -0.2) is 4.99 Å². The van der Waals surface area contributed by atoms with Gasteiger partial charge in [0.15, 0.2) is 5.90 Å². The van der Waals surface area contributed by atoms with Gasteiger partial charge in [-0.3, -0.25) is 0 Å². The number of rotatable bonds is 5. The summed E-state index contributed by atoms with van der Waals surface area (Å²) >= 11 is 0. The molecule has 3 aromatic carbocycles. The van der Waals surface area contributed by atoms with E-state index in [1.54, 1.807) is 0 Å². The van der Waals surface area contributed by atoms with Crippen molar-refractivity contribution in [3.8, 4) is 0 Å². The number of aliphatic imine (C=N–C) groups is 1. The van der Waals surface area contributed by atoms with Gasteiger partial charge in [0.05, 0.1) is 5.92 Å². The Morgan fingerprint density at radius 2 is 1.34 bits per heavy atom. The highest BCUT2D eigenvalue weighted by atomic mass is 31.1. The van der Waals surface area contributed by atoms with E-state index in [9.17, 15) is 0 Å². The third-order valence-corrected chi connectivity index (χ3v) is 7.87. The summed E-state index contributed by atoms with van der Waals surface area (Å²) in [6, 6.07) is 32.1. The molecule has 0 saturated heterocycles. The first-order valence-electron chi connectivity index (χ1n) is 9.94. The smallest absolute Gasteiger partial charge is 0.195 e. The van der Waals surface area contributed by atoms with Crippen LogP contribution in [-0.2, 0) is 4.74 Å². The quantitative estimate of drug-likeness (QED) is 0.533. The molecule has 2 atom stereocenters. The molecular weight excluding hydrogens is 373 g/mol. The highest BCUT2D eigenvalue weighted by Crippen LogP contribution is 2.50. The second-order valence-corrected chi connectivity index (χ2v) is 9.39. The van der Waals surface area contributed by atoms with E-state index in [0.29, 0.717) is 6.61 Å². The van der Waals surface area contributed by atoms with Crippen LogP contribution in [0.4, 0.5) is 0 Å². The summed E-state index contributed by atoms with van der Waals surface area (Å²) in [6.45, 7) is 0.617. The molecule has 1 unspecified atom stereocenters. The molecule has 2 nitrogen and oxygen atoms in total. The zero-order valence-electron chi connectivity index (χ0n) is 16.1. The standard InChI is InChI=1S/C26H22NOP/c1-4-11-20(12-5-1)24-19-28-26(27-24)23-17-10-18-25(23)29(21-13-6-2-7-14-21)22-15-8-3-9-16-22/h1-18,23-24H,19H2/t23?,24-/m1/s1. The first-order chi connectivity index (χ1) is 14.4. The Kier molecular flexibility index (Phi) is 5.11. The molecule has 0 amide bonds. The molecule has 0 radical (unpaired) electrons. The van der Waals surface area contributed by atoms with E-state index in [-0.39, 0.29) is 12.0 Å². The Hall–Kier alpha value is -2.96. The highest BCUT2D eigenvalue weighted by molar-refractivity contribution is 7.76. The summed E-state index contributed by atoms with van der Waals surface area (Å²) in [6.07, 6.45) is 6.64. The second kappa shape index (κ2) is 8.19. The summed E-state index contributed by atoms with van der Waals surface area (Å²) in [5, 5.41) is 4.09. The first-order valence-corrected chi connectivity index (χ1v) is 11.3. The van der Waals surface area contributed by atoms with Crippen LogP contribution in [0, 0.1) is 5.92 Å². The summed E-state index contributed by atoms with van der Waals surface area (Å²) in [4.78, 5) is 4.97. The van der Waals surface area contributed by atoms with Gasteiger partial charge in [0.1, 0.15) is 12.6 Å². The average Bonchev–Trinajstić information content (AvgIpc) is 3.46. The molecule has 0 spiro atoms. The van der Waals surface area contributed by atoms with Crippen molar-refractivity contribution in [2.45, 2.75) is 6.04 Å². The molecule has 3 heteroatoms. The normalized spacial score (nSPS) is 20.4. The number of nitrogens with zero attached hydrogens (tertiary/aromatic N) is 1. The molecule has 1 aliphatic carbocycles. The Morgan fingerprint density at radius 1 is 0.759 bits per heavy atom. The van der Waals surface area contributed by atoms with E-state index >= 15 is 0 Å². The summed E-state index contributed by atoms with van der Waals surface area (Å²) in [5.41, 5.74) is 1.21. The van der Waals surface area contributed by atoms with E-state index in [2.05, 4.69) is 103 Å². The maximum absolute atomic E-state index is 6.12. The van der Waals surface area contributed by atoms with Gasteiger partial charge >= 0.3 is 0 Å². The lowest BCUT2D eigenvalue weighted by atomic mass is 10.1. The van der Waals surface area contributed by atoms with Gasteiger partial charge in [-0.2, -0.15) is 0 Å². The van der Waals surface area contributed by atoms with Crippen LogP contribution in [-0.4, -0.2) is 12.5 Å². The Bertz CT molecular complexity index is 1020. The molecule has 29 heavy (non-hydrogen) atoms. The minimum atomic E-state index is -0.638. The van der Waals surface area contributed by atoms with Crippen molar-refractivity contribution >= 4 is 24.4 Å². The van der Waals surface area contributed by atoms with Gasteiger partial charge in [-0.05, 0) is 29.4 Å². The maximum atomic E-state index is 6.12. The number of hydrogen-bond acceptors (Lipinski definition) is 2. The SMILES string of the molecule is C1=CC(C2=N[C@@H](c3ccccc3)CO2)C(P(c2ccccc2)c2ccccc2)=C1. The predicted octanol–water partition coefficient (Wildman–Crippen LogP) is 5.36. The van der Waals surface area contributed by atoms with Crippen molar-refractivity contribution in [1.29, 1.82) is 0 Å². The van der Waals surface area contributed by atoms with Gasteiger partial charge in [0, 0.05) is 0 Å². The van der Waals surface area contributed by atoms with Gasteiger partial charge in [-0.15, -0.1) is 0 Å². The van der Waals surface area contributed by atoms with Gasteiger partial charge in [0.25, 0.3) is 0 Å². The first kappa shape index (κ1) is 18.1. The lowest BCUT2D eigenvalue weighted by molar-refractivity contribution is 0.309. The largest absolute Gasteiger partial charge is 0.478 e. The summed E-state index contributed by atoms with van der Waals surface area (Å²) < 4.78 is 6.12. The van der Waals surface area contributed by atoms with E-state index < -0.39 is 7.92 Å². The molecule has 0 N–H and O–H groups in total. The maximum Gasteiger partial charge on any atom is 0.195 e. The lowest BCUT2D eigenvalue weighted by Crippen LogP contribution is -2.20. The van der Waals surface area contributed by atoms with Crippen LogP contribution in [0.3, 0.4) is 0 Å². The van der Waals surface area contributed by atoms with Crippen LogP contribution < -0.4 is 10.6 Å². The fourth-order valence-corrected chi connectivity index (χ4v) is 6.44. The molecule has 1 aliphatic heterocycles. The van der Waals surface area contributed by atoms with Crippen molar-refractivity contribution in [3.05, 3.63) is 120 Å². The van der Waals surface area contributed by atoms with E-state index in [4.69, 9.17) is 9.73 Å². The van der Waals surface area contributed by atoms with Crippen LogP contribution in [0.1, 0.15) is 11.6 Å². The van der Waals surface area contributed by atoms with E-state index in [1.165, 1.54) is 21.5 Å². The molecule has 5 rings (SSSR count). The van der Waals surface area contributed by atoms with Crippen molar-refractivity contribution in [3.63, 3.8) is 0 Å². The van der Waals surface area contributed by atoms with Gasteiger partial charge in [-0.1, -0.05) is 109 Å². The highest BCUT2D eigenvalue weighted by Gasteiger charge is 2.33. The van der Waals surface area contributed by atoms with Gasteiger partial charge < -0.3 is 4.74 Å². The third-order valence-electron chi connectivity index (χ3n) is 5.30. The van der Waals surface area contributed by atoms with Crippen LogP contribution in [0.5, 0.6) is 0 Å². The van der Waals surface area contributed by atoms with E-state index in [1.807, 2.05) is 6.07 Å². The number of benzene rings is 3. The number of ether oxygens (including phenoxy) is 1. The average molecular weight is 395 g/mol. The molecule has 142 valence electrons. The predicted molar refractivity (Wildman–Crippen MR) is 122 cm³/mol. The van der Waals surface area contributed by atoms with Crippen molar-refractivity contribution < 1.29 is 4.74 Å². The zero-order valence-corrected chi connectivity index (χ0v) is 17.0. The van der Waals surface area contributed by atoms with Crippen molar-refractivity contribution in [2.24, 2.45) is 10.9 Å². The third kappa shape index (κ3) is 3.69. The zero-order chi connectivity index (χ0) is 19.5. The molecule has 3 aromatic rings. The lowest BCUT2D eigenvalue weighted by Gasteiger charge is -2.24. The second-order valence-electron chi connectivity index (χ2n) is 7.17. The molecular formula is C26H22NOP. The molecule has 0 saturated carbocycles. The minimum absolute atomic E-state index is 0.0844. The van der Waals surface area contributed by atoms with Gasteiger partial charge in [0.2, 0.25) is 0 Å². The van der Waals surface area contributed by atoms with E-state index in [0.717, 1.165) is 5.90 Å². The molecule has 1 heterocycles. The molecule has 2 aliphatic rings. The van der Waals surface area contributed by atoms with Crippen molar-refractivity contribution in [1.82, 2.24) is 0 Å². The molecule has 0 fully saturated rings. The fraction of sp³-hybridized carbons (Fsp3) is 0.115. The molecule has 0 aromatic heterocycles.